The highest BCUT2D eigenvalue weighted by Crippen LogP contribution is 2.18. The first-order valence-electron chi connectivity index (χ1n) is 8.04. The van der Waals surface area contributed by atoms with Gasteiger partial charge in [-0.1, -0.05) is 18.2 Å². The minimum Gasteiger partial charge on any atom is -0.496 e. The molecule has 2 rings (SSSR count). The molecule has 0 spiro atoms. The van der Waals surface area contributed by atoms with Crippen LogP contribution in [0, 0.1) is 5.92 Å². The summed E-state index contributed by atoms with van der Waals surface area (Å²) in [5.41, 5.74) is 1.09. The van der Waals surface area contributed by atoms with Gasteiger partial charge in [-0.3, -0.25) is 4.79 Å². The summed E-state index contributed by atoms with van der Waals surface area (Å²) in [5, 5.41) is 0. The molecular formula is C18H26NO3+. The van der Waals surface area contributed by atoms with Gasteiger partial charge in [-0.05, 0) is 38.0 Å². The van der Waals surface area contributed by atoms with Crippen LogP contribution in [0.1, 0.15) is 25.3 Å². The summed E-state index contributed by atoms with van der Waals surface area (Å²) < 4.78 is 10.5. The minimum absolute atomic E-state index is 0.0339. The van der Waals surface area contributed by atoms with E-state index in [1.54, 1.807) is 7.11 Å². The van der Waals surface area contributed by atoms with Crippen LogP contribution < -0.4 is 9.64 Å². The Balaban J connectivity index is 1.88. The normalized spacial score (nSPS) is 21.7. The van der Waals surface area contributed by atoms with E-state index in [0.717, 1.165) is 43.8 Å². The average molecular weight is 304 g/mol. The van der Waals surface area contributed by atoms with Crippen LogP contribution in [0.3, 0.4) is 0 Å². The van der Waals surface area contributed by atoms with Crippen molar-refractivity contribution in [2.24, 2.45) is 5.92 Å². The summed E-state index contributed by atoms with van der Waals surface area (Å²) in [7, 11) is 1.69. The van der Waals surface area contributed by atoms with E-state index in [1.165, 1.54) is 4.90 Å². The second-order valence-corrected chi connectivity index (χ2v) is 5.64. The van der Waals surface area contributed by atoms with Crippen molar-refractivity contribution >= 4 is 12.0 Å². The van der Waals surface area contributed by atoms with Crippen molar-refractivity contribution in [3.05, 3.63) is 35.9 Å². The predicted octanol–water partition coefficient (Wildman–Crippen LogP) is 1.57. The molecule has 1 aliphatic rings. The van der Waals surface area contributed by atoms with E-state index in [4.69, 9.17) is 9.47 Å². The maximum atomic E-state index is 11.9. The molecule has 4 heteroatoms. The van der Waals surface area contributed by atoms with E-state index in [2.05, 4.69) is 12.2 Å². The van der Waals surface area contributed by atoms with Gasteiger partial charge >= 0.3 is 5.97 Å². The molecule has 1 aromatic carbocycles. The predicted molar refractivity (Wildman–Crippen MR) is 86.9 cm³/mol. The van der Waals surface area contributed by atoms with Gasteiger partial charge in [0.05, 0.1) is 33.4 Å². The number of carbonyl (C=O) groups is 1. The number of quaternary nitrogens is 1. The smallest absolute Gasteiger partial charge is 0.314 e. The van der Waals surface area contributed by atoms with Crippen LogP contribution in [0.2, 0.25) is 0 Å². The van der Waals surface area contributed by atoms with Gasteiger partial charge in [0, 0.05) is 5.56 Å². The van der Waals surface area contributed by atoms with Crippen molar-refractivity contribution in [2.45, 2.75) is 19.8 Å². The molecule has 1 aromatic rings. The summed E-state index contributed by atoms with van der Waals surface area (Å²) in [6.45, 7) is 5.24. The number of ether oxygens (including phenoxy) is 2. The lowest BCUT2D eigenvalue weighted by Crippen LogP contribution is -3.13. The zero-order chi connectivity index (χ0) is 15.8. The number of esters is 1. The number of nitrogens with one attached hydrogen (secondary N) is 1. The standard InChI is InChI=1S/C18H25NO3/c1-3-22-18(20)16-10-7-13-19(14-16)12-6-9-15-8-4-5-11-17(15)21-2/h4-6,8-9,11,16H,3,7,10,12-14H2,1-2H3/p+1/b9-6+/t16-/m0/s1. The van der Waals surface area contributed by atoms with E-state index in [1.807, 2.05) is 31.2 Å². The molecule has 120 valence electrons. The third-order valence-corrected chi connectivity index (χ3v) is 4.08. The summed E-state index contributed by atoms with van der Waals surface area (Å²) >= 11 is 0. The van der Waals surface area contributed by atoms with Gasteiger partial charge in [0.2, 0.25) is 0 Å². The van der Waals surface area contributed by atoms with Crippen LogP contribution in [-0.4, -0.2) is 39.3 Å². The molecular weight excluding hydrogens is 278 g/mol. The Morgan fingerprint density at radius 2 is 2.23 bits per heavy atom. The van der Waals surface area contributed by atoms with Gasteiger partial charge in [0.15, 0.2) is 0 Å². The Kier molecular flexibility index (Phi) is 6.46. The number of methoxy groups -OCH3 is 1. The maximum absolute atomic E-state index is 11.9. The summed E-state index contributed by atoms with van der Waals surface area (Å²) in [4.78, 5) is 13.3. The third kappa shape index (κ3) is 4.60. The van der Waals surface area contributed by atoms with Crippen LogP contribution in [-0.2, 0) is 9.53 Å². The fourth-order valence-corrected chi connectivity index (χ4v) is 2.95. The van der Waals surface area contributed by atoms with Crippen LogP contribution in [0.4, 0.5) is 0 Å². The molecule has 1 unspecified atom stereocenters. The fraction of sp³-hybridized carbons (Fsp3) is 0.500. The molecule has 1 fully saturated rings. The average Bonchev–Trinajstić information content (AvgIpc) is 2.56. The number of hydrogen-bond donors (Lipinski definition) is 1. The third-order valence-electron chi connectivity index (χ3n) is 4.08. The monoisotopic (exact) mass is 304 g/mol. The van der Waals surface area contributed by atoms with E-state index < -0.39 is 0 Å². The van der Waals surface area contributed by atoms with Gasteiger partial charge in [0.1, 0.15) is 11.7 Å². The van der Waals surface area contributed by atoms with E-state index in [0.29, 0.717) is 6.61 Å². The lowest BCUT2D eigenvalue weighted by atomic mass is 9.98. The zero-order valence-corrected chi connectivity index (χ0v) is 13.5. The highest BCUT2D eigenvalue weighted by Gasteiger charge is 2.28. The van der Waals surface area contributed by atoms with Gasteiger partial charge in [-0.15, -0.1) is 0 Å². The van der Waals surface area contributed by atoms with Crippen LogP contribution in [0.5, 0.6) is 5.75 Å². The molecule has 22 heavy (non-hydrogen) atoms. The van der Waals surface area contributed by atoms with Crippen molar-refractivity contribution in [3.8, 4) is 5.75 Å². The fourth-order valence-electron chi connectivity index (χ4n) is 2.95. The van der Waals surface area contributed by atoms with E-state index >= 15 is 0 Å². The van der Waals surface area contributed by atoms with Gasteiger partial charge in [-0.25, -0.2) is 0 Å². The van der Waals surface area contributed by atoms with Crippen LogP contribution >= 0.6 is 0 Å². The lowest BCUT2D eigenvalue weighted by Gasteiger charge is -2.27. The van der Waals surface area contributed by atoms with E-state index in [9.17, 15) is 4.79 Å². The Hall–Kier alpha value is -1.81. The molecule has 4 nitrogen and oxygen atoms in total. The number of hydrogen-bond acceptors (Lipinski definition) is 3. The molecule has 2 atom stereocenters. The Morgan fingerprint density at radius 1 is 1.41 bits per heavy atom. The Labute approximate surface area is 132 Å². The Morgan fingerprint density at radius 3 is 3.00 bits per heavy atom. The van der Waals surface area contributed by atoms with Crippen molar-refractivity contribution in [1.82, 2.24) is 0 Å². The van der Waals surface area contributed by atoms with Gasteiger partial charge in [0.25, 0.3) is 0 Å². The SMILES string of the molecule is CCOC(=O)[C@H]1CCC[NH+](C/C=C/c2ccccc2OC)C1. The van der Waals surface area contributed by atoms with Crippen molar-refractivity contribution in [1.29, 1.82) is 0 Å². The van der Waals surface area contributed by atoms with E-state index in [-0.39, 0.29) is 11.9 Å². The van der Waals surface area contributed by atoms with Crippen molar-refractivity contribution in [3.63, 3.8) is 0 Å². The van der Waals surface area contributed by atoms with Crippen LogP contribution in [0.15, 0.2) is 30.3 Å². The molecule has 1 saturated heterocycles. The lowest BCUT2D eigenvalue weighted by molar-refractivity contribution is -0.901. The summed E-state index contributed by atoms with van der Waals surface area (Å²) in [5.74, 6) is 0.911. The van der Waals surface area contributed by atoms with Crippen molar-refractivity contribution < 1.29 is 19.2 Å². The maximum Gasteiger partial charge on any atom is 0.314 e. The first-order chi connectivity index (χ1) is 10.7. The summed E-state index contributed by atoms with van der Waals surface area (Å²) in [6, 6.07) is 7.98. The quantitative estimate of drug-likeness (QED) is 0.811. The molecule has 0 saturated carbocycles. The molecule has 1 N–H and O–H groups in total. The zero-order valence-electron chi connectivity index (χ0n) is 13.5. The summed E-state index contributed by atoms with van der Waals surface area (Å²) in [6.07, 6.45) is 6.31. The molecule has 0 aliphatic carbocycles. The molecule has 0 amide bonds. The first kappa shape index (κ1) is 16.6. The van der Waals surface area contributed by atoms with Crippen LogP contribution in [0.25, 0.3) is 6.08 Å². The highest BCUT2D eigenvalue weighted by molar-refractivity contribution is 5.72. The first-order valence-corrected chi connectivity index (χ1v) is 8.04. The molecule has 0 bridgehead atoms. The topological polar surface area (TPSA) is 40.0 Å². The van der Waals surface area contributed by atoms with Crippen molar-refractivity contribution in [2.75, 3.05) is 33.4 Å². The largest absolute Gasteiger partial charge is 0.496 e. The Bertz CT molecular complexity index is 513. The minimum atomic E-state index is -0.0339. The number of likely N-dealkylation sites (tertiary alicyclic amines) is 1. The second kappa shape index (κ2) is 8.59. The number of carbonyl (C=O) groups excluding carboxylic acids is 1. The second-order valence-electron chi connectivity index (χ2n) is 5.64. The number of rotatable bonds is 6. The number of para-hydroxylation sites is 1. The molecule has 1 aliphatic heterocycles. The van der Waals surface area contributed by atoms with Gasteiger partial charge in [-0.2, -0.15) is 0 Å². The number of benzene rings is 1. The molecule has 0 aromatic heterocycles. The van der Waals surface area contributed by atoms with Gasteiger partial charge < -0.3 is 14.4 Å². The molecule has 0 radical (unpaired) electrons. The highest BCUT2D eigenvalue weighted by atomic mass is 16.5. The molecule has 1 heterocycles. The number of piperidine rings is 1.